The molecule has 2 rings (SSSR count). The van der Waals surface area contributed by atoms with Crippen LogP contribution in [0.5, 0.6) is 0 Å². The van der Waals surface area contributed by atoms with Crippen molar-refractivity contribution < 1.29 is 0 Å². The van der Waals surface area contributed by atoms with E-state index in [1.165, 1.54) is 11.1 Å². The first-order valence-corrected chi connectivity index (χ1v) is 18.8. The molecule has 1 atom stereocenters. The van der Waals surface area contributed by atoms with Gasteiger partial charge in [-0.2, -0.15) is 0 Å². The molecule has 1 unspecified atom stereocenters. The van der Waals surface area contributed by atoms with Crippen LogP contribution in [-0.4, -0.2) is 0 Å². The van der Waals surface area contributed by atoms with Gasteiger partial charge in [0.05, 0.1) is 0 Å². The molecular formula is C47H80. The van der Waals surface area contributed by atoms with Gasteiger partial charge in [-0.3, -0.25) is 0 Å². The summed E-state index contributed by atoms with van der Waals surface area (Å²) in [6, 6.07) is 5.32. The second kappa shape index (κ2) is 12.3. The number of rotatable bonds is 3. The van der Waals surface area contributed by atoms with Gasteiger partial charge in [-0.15, -0.1) is 0 Å². The van der Waals surface area contributed by atoms with Gasteiger partial charge in [-0.05, 0) is 111 Å². The molecule has 2 aromatic rings. The lowest BCUT2D eigenvalue weighted by Crippen LogP contribution is -2.34. The molecule has 0 heteroatoms. The molecule has 0 radical (unpaired) electrons. The van der Waals surface area contributed by atoms with Crippen LogP contribution in [-0.2, 0) is 49.7 Å². The molecule has 0 aliphatic heterocycles. The zero-order chi connectivity index (χ0) is 37.5. The standard InChI is InChI=1S/C47H80/c1-29(31-28-33(41(5,6)7)37(45(17,18)19)39(47(23,24)25)35(31)43(11,12)13)26-30-27-32(40(2,3)4)36(44(14,15)16)38(46(20,21)22)34(30)42(8,9)10/h27-29H,26H2,1-25H3. The van der Waals surface area contributed by atoms with E-state index in [1.54, 1.807) is 44.5 Å². The molecule has 0 amide bonds. The van der Waals surface area contributed by atoms with Gasteiger partial charge in [-0.1, -0.05) is 185 Å². The maximum atomic E-state index is 2.66. The van der Waals surface area contributed by atoms with Crippen molar-refractivity contribution in [1.29, 1.82) is 0 Å². The quantitative estimate of drug-likeness (QED) is 0.312. The highest BCUT2D eigenvalue weighted by atomic mass is 14.5. The molecule has 0 saturated heterocycles. The lowest BCUT2D eigenvalue weighted by Gasteiger charge is -2.43. The van der Waals surface area contributed by atoms with E-state index in [-0.39, 0.29) is 43.3 Å². The zero-order valence-corrected chi connectivity index (χ0v) is 36.4. The van der Waals surface area contributed by atoms with Gasteiger partial charge in [0.25, 0.3) is 0 Å². The number of hydrogen-bond acceptors (Lipinski definition) is 0. The molecule has 0 heterocycles. The Morgan fingerprint density at radius 1 is 0.340 bits per heavy atom. The summed E-state index contributed by atoms with van der Waals surface area (Å²) >= 11 is 0. The largest absolute Gasteiger partial charge is 0.0581 e. The second-order valence-corrected chi connectivity index (χ2v) is 23.5. The van der Waals surface area contributed by atoms with Crippen molar-refractivity contribution >= 4 is 0 Å². The molecular weight excluding hydrogens is 565 g/mol. The Bertz CT molecular complexity index is 1430. The molecule has 0 saturated carbocycles. The number of benzene rings is 2. The SMILES string of the molecule is CC(Cc1cc(C(C)(C)C)c(C(C)(C)C)c(C(C)(C)C)c1C(C)(C)C)c1cc(C(C)(C)C)c(C(C)(C)C)c(C(C)(C)C)c1C(C)(C)C. The van der Waals surface area contributed by atoms with Crippen molar-refractivity contribution in [2.75, 3.05) is 0 Å². The van der Waals surface area contributed by atoms with Crippen LogP contribution in [0.1, 0.15) is 235 Å². The average Bonchev–Trinajstić information content (AvgIpc) is 2.76. The summed E-state index contributed by atoms with van der Waals surface area (Å²) in [5.74, 6) is 0.364. The summed E-state index contributed by atoms with van der Waals surface area (Å²) in [5, 5.41) is 0. The lowest BCUT2D eigenvalue weighted by molar-refractivity contribution is 0.466. The van der Waals surface area contributed by atoms with Crippen molar-refractivity contribution in [1.82, 2.24) is 0 Å². The van der Waals surface area contributed by atoms with Crippen molar-refractivity contribution in [3.8, 4) is 0 Å². The van der Waals surface area contributed by atoms with Crippen molar-refractivity contribution in [2.24, 2.45) is 0 Å². The maximum absolute atomic E-state index is 2.66. The van der Waals surface area contributed by atoms with E-state index in [0.717, 1.165) is 6.42 Å². The van der Waals surface area contributed by atoms with Crippen LogP contribution in [0.25, 0.3) is 0 Å². The van der Waals surface area contributed by atoms with Crippen LogP contribution >= 0.6 is 0 Å². The fourth-order valence-corrected chi connectivity index (χ4v) is 8.34. The highest BCUT2D eigenvalue weighted by molar-refractivity contribution is 5.59. The van der Waals surface area contributed by atoms with Gasteiger partial charge in [0.15, 0.2) is 0 Å². The second-order valence-electron chi connectivity index (χ2n) is 23.5. The van der Waals surface area contributed by atoms with E-state index in [9.17, 15) is 0 Å². The molecule has 0 fully saturated rings. The van der Waals surface area contributed by atoms with Gasteiger partial charge in [0.2, 0.25) is 0 Å². The van der Waals surface area contributed by atoms with E-state index >= 15 is 0 Å². The molecule has 0 spiro atoms. The first kappa shape index (κ1) is 41.6. The van der Waals surface area contributed by atoms with E-state index in [0.29, 0.717) is 5.92 Å². The van der Waals surface area contributed by atoms with E-state index < -0.39 is 0 Å². The van der Waals surface area contributed by atoms with Gasteiger partial charge < -0.3 is 0 Å². The topological polar surface area (TPSA) is 0 Å². The summed E-state index contributed by atoms with van der Waals surface area (Å²) in [4.78, 5) is 0. The molecule has 0 nitrogen and oxygen atoms in total. The normalized spacial score (nSPS) is 15.3. The van der Waals surface area contributed by atoms with Crippen LogP contribution in [0.3, 0.4) is 0 Å². The molecule has 0 aliphatic rings. The molecule has 0 bridgehead atoms. The summed E-state index contributed by atoms with van der Waals surface area (Å²) in [6.45, 7) is 61.0. The Hall–Kier alpha value is -1.56. The third-order valence-electron chi connectivity index (χ3n) is 9.94. The zero-order valence-electron chi connectivity index (χ0n) is 36.4. The Labute approximate surface area is 295 Å². The van der Waals surface area contributed by atoms with E-state index in [1.807, 2.05) is 0 Å². The Morgan fingerprint density at radius 2 is 0.617 bits per heavy atom. The van der Waals surface area contributed by atoms with E-state index in [4.69, 9.17) is 0 Å². The minimum Gasteiger partial charge on any atom is -0.0581 e. The summed E-state index contributed by atoms with van der Waals surface area (Å²) in [5.41, 5.74) is 15.8. The smallest absolute Gasteiger partial charge is 0.0126 e. The summed E-state index contributed by atoms with van der Waals surface area (Å²) in [7, 11) is 0. The van der Waals surface area contributed by atoms with Crippen LogP contribution < -0.4 is 0 Å². The number of hydrogen-bond donors (Lipinski definition) is 0. The van der Waals surface area contributed by atoms with Gasteiger partial charge in [0.1, 0.15) is 0 Å². The van der Waals surface area contributed by atoms with Crippen LogP contribution in [0, 0.1) is 0 Å². The molecule has 2 aromatic carbocycles. The fourth-order valence-electron chi connectivity index (χ4n) is 8.34. The van der Waals surface area contributed by atoms with Crippen LogP contribution in [0.2, 0.25) is 0 Å². The monoisotopic (exact) mass is 645 g/mol. The predicted molar refractivity (Wildman–Crippen MR) is 215 cm³/mol. The van der Waals surface area contributed by atoms with Gasteiger partial charge >= 0.3 is 0 Å². The van der Waals surface area contributed by atoms with Crippen LogP contribution in [0.15, 0.2) is 12.1 Å². The van der Waals surface area contributed by atoms with E-state index in [2.05, 4.69) is 185 Å². The first-order valence-electron chi connectivity index (χ1n) is 18.8. The molecule has 0 aliphatic carbocycles. The highest BCUT2D eigenvalue weighted by Gasteiger charge is 2.41. The summed E-state index contributed by atoms with van der Waals surface area (Å²) in [6.07, 6.45) is 1.04. The van der Waals surface area contributed by atoms with Crippen LogP contribution in [0.4, 0.5) is 0 Å². The molecule has 0 aromatic heterocycles. The van der Waals surface area contributed by atoms with Crippen molar-refractivity contribution in [3.05, 3.63) is 67.8 Å². The maximum Gasteiger partial charge on any atom is -0.0126 e. The molecule has 0 N–H and O–H groups in total. The van der Waals surface area contributed by atoms with Gasteiger partial charge in [-0.25, -0.2) is 0 Å². The summed E-state index contributed by atoms with van der Waals surface area (Å²) < 4.78 is 0. The fraction of sp³-hybridized carbons (Fsp3) is 0.745. The third kappa shape index (κ3) is 8.97. The molecule has 268 valence electrons. The third-order valence-corrected chi connectivity index (χ3v) is 9.94. The Balaban J connectivity index is 3.30. The van der Waals surface area contributed by atoms with Gasteiger partial charge in [0, 0.05) is 0 Å². The lowest BCUT2D eigenvalue weighted by atomic mass is 9.61. The van der Waals surface area contributed by atoms with Crippen molar-refractivity contribution in [3.63, 3.8) is 0 Å². The Morgan fingerprint density at radius 3 is 0.894 bits per heavy atom. The predicted octanol–water partition coefficient (Wildman–Crippen LogP) is 14.4. The average molecular weight is 645 g/mol. The first-order chi connectivity index (χ1) is 20.3. The molecule has 47 heavy (non-hydrogen) atoms. The Kier molecular flexibility index (Phi) is 10.9. The van der Waals surface area contributed by atoms with Crippen molar-refractivity contribution in [2.45, 2.75) is 229 Å². The minimum absolute atomic E-state index is 0.0126. The highest BCUT2D eigenvalue weighted by Crippen LogP contribution is 2.51. The minimum atomic E-state index is 0.0126.